The first-order valence-corrected chi connectivity index (χ1v) is 8.71. The molecule has 1 aromatic carbocycles. The molecule has 27 heavy (non-hydrogen) atoms. The maximum atomic E-state index is 12.0. The van der Waals surface area contributed by atoms with E-state index in [1.54, 1.807) is 6.20 Å². The smallest absolute Gasteiger partial charge is 0.502 e. The molecule has 0 saturated carbocycles. The van der Waals surface area contributed by atoms with Crippen molar-refractivity contribution in [2.24, 2.45) is 0 Å². The fraction of sp³-hybridized carbons (Fsp3) is 0.318. The summed E-state index contributed by atoms with van der Waals surface area (Å²) in [6.07, 6.45) is 11.8. The van der Waals surface area contributed by atoms with Gasteiger partial charge in [0.2, 0.25) is 0 Å². The average molecular weight is 358 g/mol. The Labute approximate surface area is 175 Å². The van der Waals surface area contributed by atoms with Crippen LogP contribution in [0.2, 0.25) is 0 Å². The zero-order chi connectivity index (χ0) is 19.2. The second-order valence-corrected chi connectivity index (χ2v) is 7.09. The van der Waals surface area contributed by atoms with Gasteiger partial charge in [-0.3, -0.25) is 0 Å². The number of amides is 1. The summed E-state index contributed by atoms with van der Waals surface area (Å²) in [6, 6.07) is 8.35. The van der Waals surface area contributed by atoms with Crippen molar-refractivity contribution in [2.75, 3.05) is 18.0 Å². The molecule has 1 atom stereocenters. The predicted octanol–water partition coefficient (Wildman–Crippen LogP) is 2.03. The number of allylic oxidation sites excluding steroid dienone is 2. The molecule has 1 unspecified atom stereocenters. The number of benzene rings is 1. The van der Waals surface area contributed by atoms with Crippen molar-refractivity contribution in [2.45, 2.75) is 32.3 Å². The van der Waals surface area contributed by atoms with Crippen LogP contribution in [-0.2, 0) is 4.74 Å². The molecule has 0 N–H and O–H groups in total. The van der Waals surface area contributed by atoms with Crippen molar-refractivity contribution >= 4 is 11.8 Å². The molecule has 0 spiro atoms. The van der Waals surface area contributed by atoms with E-state index < -0.39 is 11.7 Å². The normalized spacial score (nSPS) is 15.7. The van der Waals surface area contributed by atoms with Crippen molar-refractivity contribution in [1.82, 2.24) is 4.90 Å². The van der Waals surface area contributed by atoms with Gasteiger partial charge in [-0.25, -0.2) is 0 Å². The molecule has 0 radical (unpaired) electrons. The average Bonchev–Trinajstić information content (AvgIpc) is 2.60. The molecule has 0 aromatic heterocycles. The van der Waals surface area contributed by atoms with Crippen molar-refractivity contribution in [3.63, 3.8) is 0 Å². The van der Waals surface area contributed by atoms with E-state index in [9.17, 15) is 4.79 Å². The minimum absolute atomic E-state index is 0. The van der Waals surface area contributed by atoms with E-state index in [1.165, 1.54) is 4.90 Å². The largest absolute Gasteiger partial charge is 1.00 e. The van der Waals surface area contributed by atoms with Crippen LogP contribution < -0.4 is 23.8 Å². The quantitative estimate of drug-likeness (QED) is 0.443. The van der Waals surface area contributed by atoms with Crippen LogP contribution in [0, 0.1) is 6.20 Å². The Kier molecular flexibility index (Phi) is 8.69. The second kappa shape index (κ2) is 10.3. The molecule has 4 nitrogen and oxygen atoms in total. The van der Waals surface area contributed by atoms with Gasteiger partial charge in [-0.2, -0.15) is 0 Å². The van der Waals surface area contributed by atoms with Crippen LogP contribution >= 0.6 is 0 Å². The number of carbonyl (C=O) groups excluding carboxylic acids is 1. The van der Waals surface area contributed by atoms with Gasteiger partial charge in [-0.15, -0.1) is 25.3 Å². The second-order valence-electron chi connectivity index (χ2n) is 7.09. The number of rotatable bonds is 6. The molecule has 5 heteroatoms. The minimum Gasteiger partial charge on any atom is -0.502 e. The van der Waals surface area contributed by atoms with E-state index in [0.717, 1.165) is 24.3 Å². The van der Waals surface area contributed by atoms with Crippen molar-refractivity contribution < 1.29 is 28.4 Å². The molecule has 0 aliphatic carbocycles. The fourth-order valence-electron chi connectivity index (χ4n) is 2.57. The molecular weight excluding hydrogens is 331 g/mol. The van der Waals surface area contributed by atoms with E-state index in [1.807, 2.05) is 45.1 Å². The Morgan fingerprint density at radius 2 is 1.81 bits per heavy atom. The molecular formula is C22H27LiN2O2. The molecule has 138 valence electrons. The van der Waals surface area contributed by atoms with Crippen molar-refractivity contribution in [3.05, 3.63) is 79.7 Å². The summed E-state index contributed by atoms with van der Waals surface area (Å²) < 4.78 is 5.34. The number of ether oxygens (including phenoxy) is 1. The van der Waals surface area contributed by atoms with E-state index in [-0.39, 0.29) is 24.8 Å². The maximum absolute atomic E-state index is 12.0. The zero-order valence-corrected chi connectivity index (χ0v) is 16.8. The van der Waals surface area contributed by atoms with Gasteiger partial charge in [0, 0.05) is 24.7 Å². The van der Waals surface area contributed by atoms with Gasteiger partial charge >= 0.3 is 18.9 Å². The van der Waals surface area contributed by atoms with Crippen LogP contribution in [-0.4, -0.2) is 29.7 Å². The first kappa shape index (κ1) is 22.9. The summed E-state index contributed by atoms with van der Waals surface area (Å²) >= 11 is 0. The number of anilines is 1. The first-order chi connectivity index (χ1) is 12.3. The standard InChI is InChI=1S/C22H27N2O2.Li/c1-6-14-23(15-7-2)20-10-8-18(9-11-20)19-12-16-24(17-13-19)21(25)26-22(3,4)5;/h6-13,16,19H,1-2,14-15H2,3-5H3;/q-1;+1. The Hall–Kier alpha value is -2.15. The third kappa shape index (κ3) is 6.82. The van der Waals surface area contributed by atoms with Gasteiger partial charge in [0.05, 0.1) is 5.60 Å². The molecule has 1 amide bonds. The van der Waals surface area contributed by atoms with E-state index in [2.05, 4.69) is 48.5 Å². The van der Waals surface area contributed by atoms with E-state index >= 15 is 0 Å². The van der Waals surface area contributed by atoms with Crippen LogP contribution in [0.25, 0.3) is 0 Å². The summed E-state index contributed by atoms with van der Waals surface area (Å²) in [6.45, 7) is 14.7. The summed E-state index contributed by atoms with van der Waals surface area (Å²) in [4.78, 5) is 15.6. The zero-order valence-electron chi connectivity index (χ0n) is 16.8. The third-order valence-electron chi connectivity index (χ3n) is 3.77. The Morgan fingerprint density at radius 3 is 2.26 bits per heavy atom. The first-order valence-electron chi connectivity index (χ1n) is 8.71. The summed E-state index contributed by atoms with van der Waals surface area (Å²) in [7, 11) is 0. The van der Waals surface area contributed by atoms with Gasteiger partial charge in [0.25, 0.3) is 6.09 Å². The molecule has 0 fully saturated rings. The molecule has 0 bridgehead atoms. The minimum atomic E-state index is -0.526. The Bertz CT molecular complexity index is 678. The van der Waals surface area contributed by atoms with E-state index in [4.69, 9.17) is 4.74 Å². The van der Waals surface area contributed by atoms with Crippen LogP contribution in [0.1, 0.15) is 32.3 Å². The van der Waals surface area contributed by atoms with Crippen molar-refractivity contribution in [1.29, 1.82) is 0 Å². The number of hydrogen-bond donors (Lipinski definition) is 0. The molecule has 2 rings (SSSR count). The molecule has 1 aliphatic rings. The molecule has 1 aliphatic heterocycles. The van der Waals surface area contributed by atoms with Gasteiger partial charge < -0.3 is 19.3 Å². The van der Waals surface area contributed by atoms with Crippen molar-refractivity contribution in [3.8, 4) is 0 Å². The van der Waals surface area contributed by atoms with Gasteiger partial charge in [0.15, 0.2) is 0 Å². The van der Waals surface area contributed by atoms with E-state index in [0.29, 0.717) is 0 Å². The number of carbonyl (C=O) groups is 1. The van der Waals surface area contributed by atoms with Gasteiger partial charge in [0.1, 0.15) is 0 Å². The van der Waals surface area contributed by atoms with Crippen LogP contribution in [0.4, 0.5) is 10.5 Å². The van der Waals surface area contributed by atoms with Crippen LogP contribution in [0.3, 0.4) is 0 Å². The summed E-state index contributed by atoms with van der Waals surface area (Å²) in [5, 5.41) is 0. The summed E-state index contributed by atoms with van der Waals surface area (Å²) in [5.74, 6) is 0.0787. The Balaban J connectivity index is 0.00000364. The SMILES string of the molecule is C=CCN(CC=C)c1ccc(C2C=[C-]N(C(=O)OC(C)(C)C)C=C2)cc1.[Li+]. The predicted molar refractivity (Wildman–Crippen MR) is 107 cm³/mol. The topological polar surface area (TPSA) is 32.8 Å². The maximum Gasteiger partial charge on any atom is 1.00 e. The monoisotopic (exact) mass is 358 g/mol. The summed E-state index contributed by atoms with van der Waals surface area (Å²) in [5.41, 5.74) is 1.73. The molecule has 0 saturated heterocycles. The number of hydrogen-bond acceptors (Lipinski definition) is 3. The van der Waals surface area contributed by atoms with Gasteiger partial charge in [-0.05, 0) is 38.5 Å². The van der Waals surface area contributed by atoms with Crippen LogP contribution in [0.15, 0.2) is 67.9 Å². The van der Waals surface area contributed by atoms with Gasteiger partial charge in [-0.1, -0.05) is 36.7 Å². The molecule has 1 aromatic rings. The fourth-order valence-corrected chi connectivity index (χ4v) is 2.57. The number of nitrogens with zero attached hydrogens (tertiary/aromatic N) is 2. The Morgan fingerprint density at radius 1 is 1.22 bits per heavy atom. The molecule has 1 heterocycles. The van der Waals surface area contributed by atoms with Crippen LogP contribution in [0.5, 0.6) is 0 Å². The third-order valence-corrected chi connectivity index (χ3v) is 3.77.